The summed E-state index contributed by atoms with van der Waals surface area (Å²) in [6.07, 6.45) is 0. The average Bonchev–Trinajstić information content (AvgIpc) is 2.70. The number of carbonyl (C=O) groups is 4. The Labute approximate surface area is 159 Å². The van der Waals surface area contributed by atoms with Crippen molar-refractivity contribution in [1.29, 1.82) is 5.26 Å². The second-order valence-corrected chi connectivity index (χ2v) is 6.35. The zero-order valence-corrected chi connectivity index (χ0v) is 15.0. The van der Waals surface area contributed by atoms with Crippen LogP contribution in [0, 0.1) is 17.9 Å². The van der Waals surface area contributed by atoms with Crippen molar-refractivity contribution in [1.82, 2.24) is 9.80 Å². The van der Waals surface area contributed by atoms with E-state index >= 15 is 0 Å². The molecule has 2 aliphatic rings. The second-order valence-electron chi connectivity index (χ2n) is 6.35. The van der Waals surface area contributed by atoms with Gasteiger partial charge in [-0.3, -0.25) is 29.0 Å². The Morgan fingerprint density at radius 2 is 1.43 bits per heavy atom. The number of hydrogen-bond donors (Lipinski definition) is 0. The number of hydrogen-bond acceptors (Lipinski definition) is 5. The molecule has 136 valence electrons. The molecule has 2 aromatic carbocycles. The van der Waals surface area contributed by atoms with Crippen LogP contribution in [0.1, 0.15) is 60.8 Å². The molecule has 8 nitrogen and oxygen atoms in total. The fourth-order valence-corrected chi connectivity index (χ4v) is 3.89. The maximum absolute atomic E-state index is 12.9. The van der Waals surface area contributed by atoms with E-state index in [0.717, 1.165) is 9.80 Å². The molecule has 0 saturated carbocycles. The highest BCUT2D eigenvalue weighted by Gasteiger charge is 2.41. The van der Waals surface area contributed by atoms with Gasteiger partial charge in [0.05, 0.1) is 23.3 Å². The minimum Gasteiger partial charge on any atom is -0.276 e. The Kier molecular flexibility index (Phi) is 3.56. The van der Waals surface area contributed by atoms with Gasteiger partial charge in [0.2, 0.25) is 5.69 Å². The number of benzene rings is 2. The summed E-state index contributed by atoms with van der Waals surface area (Å²) < 4.78 is 0. The quantitative estimate of drug-likeness (QED) is 0.595. The summed E-state index contributed by atoms with van der Waals surface area (Å²) in [5.41, 5.74) is -0.0808. The molecule has 0 unspecified atom stereocenters. The molecule has 28 heavy (non-hydrogen) atoms. The predicted octanol–water partition coefficient (Wildman–Crippen LogP) is 2.49. The molecule has 0 fully saturated rings. The van der Waals surface area contributed by atoms with E-state index in [2.05, 4.69) is 4.85 Å². The molecule has 2 aliphatic heterocycles. The van der Waals surface area contributed by atoms with Gasteiger partial charge in [0.1, 0.15) is 6.07 Å². The average molecular weight is 372 g/mol. The van der Waals surface area contributed by atoms with Crippen molar-refractivity contribution in [3.63, 3.8) is 0 Å². The number of imide groups is 2. The first-order valence-corrected chi connectivity index (χ1v) is 8.58. The van der Waals surface area contributed by atoms with Crippen LogP contribution in [0.4, 0.5) is 5.69 Å². The number of carbonyl (C=O) groups excluding carboxylic acids is 4. The smallest absolute Gasteiger partial charge is 0.262 e. The van der Waals surface area contributed by atoms with Crippen LogP contribution in [0.15, 0.2) is 12.1 Å². The van der Waals surface area contributed by atoms with Crippen molar-refractivity contribution in [2.45, 2.75) is 13.8 Å². The molecule has 0 saturated heterocycles. The van der Waals surface area contributed by atoms with E-state index in [9.17, 15) is 24.4 Å². The van der Waals surface area contributed by atoms with Gasteiger partial charge in [0.25, 0.3) is 23.6 Å². The van der Waals surface area contributed by atoms with Crippen molar-refractivity contribution in [3.8, 4) is 6.07 Å². The number of rotatable bonds is 2. The number of nitriles is 1. The molecule has 0 atom stereocenters. The van der Waals surface area contributed by atoms with Crippen LogP contribution in [0.5, 0.6) is 0 Å². The van der Waals surface area contributed by atoms with E-state index in [1.165, 1.54) is 12.1 Å². The van der Waals surface area contributed by atoms with Crippen LogP contribution >= 0.6 is 0 Å². The molecule has 0 aromatic heterocycles. The third kappa shape index (κ3) is 1.86. The van der Waals surface area contributed by atoms with Crippen molar-refractivity contribution in [2.75, 3.05) is 13.1 Å². The molecule has 0 spiro atoms. The zero-order valence-electron chi connectivity index (χ0n) is 15.0. The van der Waals surface area contributed by atoms with Gasteiger partial charge in [-0.1, -0.05) is 0 Å². The summed E-state index contributed by atoms with van der Waals surface area (Å²) in [7, 11) is 0. The Bertz CT molecular complexity index is 1160. The number of nitrogens with zero attached hydrogens (tertiary/aromatic N) is 4. The van der Waals surface area contributed by atoms with Gasteiger partial charge in [0.15, 0.2) is 0 Å². The van der Waals surface area contributed by atoms with Gasteiger partial charge in [-0.2, -0.15) is 5.26 Å². The third-order valence-corrected chi connectivity index (χ3v) is 5.13. The fraction of sp³-hybridized carbons (Fsp3) is 0.200. The van der Waals surface area contributed by atoms with Crippen LogP contribution in [-0.2, 0) is 0 Å². The van der Waals surface area contributed by atoms with Gasteiger partial charge in [0, 0.05) is 29.6 Å². The number of amides is 4. The lowest BCUT2D eigenvalue weighted by atomic mass is 9.83. The molecule has 4 rings (SSSR count). The van der Waals surface area contributed by atoms with Gasteiger partial charge in [-0.15, -0.1) is 0 Å². The maximum atomic E-state index is 12.9. The summed E-state index contributed by atoms with van der Waals surface area (Å²) in [6.45, 7) is 10.9. The van der Waals surface area contributed by atoms with Crippen LogP contribution in [0.2, 0.25) is 0 Å². The van der Waals surface area contributed by atoms with E-state index in [1.54, 1.807) is 13.8 Å². The maximum Gasteiger partial charge on any atom is 0.262 e. The molecule has 0 radical (unpaired) electrons. The van der Waals surface area contributed by atoms with Gasteiger partial charge in [-0.05, 0) is 31.4 Å². The highest BCUT2D eigenvalue weighted by atomic mass is 16.2. The molecular formula is C20H12N4O4. The zero-order chi connectivity index (χ0) is 20.3. The normalized spacial score (nSPS) is 15.1. The first-order valence-electron chi connectivity index (χ1n) is 8.58. The van der Waals surface area contributed by atoms with Gasteiger partial charge in [-0.25, -0.2) is 4.85 Å². The van der Waals surface area contributed by atoms with Gasteiger partial charge >= 0.3 is 0 Å². The lowest BCUT2D eigenvalue weighted by Gasteiger charge is -2.32. The topological polar surface area (TPSA) is 103 Å². The monoisotopic (exact) mass is 372 g/mol. The van der Waals surface area contributed by atoms with E-state index in [-0.39, 0.29) is 57.4 Å². The van der Waals surface area contributed by atoms with Crippen LogP contribution < -0.4 is 0 Å². The molecule has 4 amide bonds. The summed E-state index contributed by atoms with van der Waals surface area (Å²) in [4.78, 5) is 56.9. The van der Waals surface area contributed by atoms with Gasteiger partial charge < -0.3 is 0 Å². The lowest BCUT2D eigenvalue weighted by Crippen LogP contribution is -2.43. The van der Waals surface area contributed by atoms with Crippen LogP contribution in [-0.4, -0.2) is 46.5 Å². The first-order chi connectivity index (χ1) is 13.4. The summed E-state index contributed by atoms with van der Waals surface area (Å²) >= 11 is 0. The summed E-state index contributed by atoms with van der Waals surface area (Å²) in [5, 5.41) is 9.82. The van der Waals surface area contributed by atoms with Crippen molar-refractivity contribution < 1.29 is 19.2 Å². The molecule has 2 heterocycles. The summed E-state index contributed by atoms with van der Waals surface area (Å²) in [5.74, 6) is -2.53. The minimum atomic E-state index is -0.672. The molecule has 0 N–H and O–H groups in total. The second kappa shape index (κ2) is 5.73. The Morgan fingerprint density at radius 3 is 1.96 bits per heavy atom. The Hall–Kier alpha value is -4.04. The molecule has 2 aromatic rings. The third-order valence-electron chi connectivity index (χ3n) is 5.13. The molecule has 0 aliphatic carbocycles. The first kappa shape index (κ1) is 17.4. The van der Waals surface area contributed by atoms with E-state index in [0.29, 0.717) is 0 Å². The Balaban J connectivity index is 2.31. The minimum absolute atomic E-state index is 0.0463. The largest absolute Gasteiger partial charge is 0.276 e. The predicted molar refractivity (Wildman–Crippen MR) is 97.0 cm³/mol. The highest BCUT2D eigenvalue weighted by molar-refractivity contribution is 6.35. The van der Waals surface area contributed by atoms with E-state index in [4.69, 9.17) is 6.57 Å². The lowest BCUT2D eigenvalue weighted by molar-refractivity contribution is 0.0598. The standard InChI is InChI=1S/C20H12N4O4/c1-4-23-17(25)10-6-9(8-21)13-16-14(10)11(18(23)26)7-12(22-3)15(16)20(28)24(5-2)19(13)27/h6-7H,4-5H2,1-2H3. The highest BCUT2D eigenvalue weighted by Crippen LogP contribution is 2.43. The van der Waals surface area contributed by atoms with E-state index < -0.39 is 23.6 Å². The van der Waals surface area contributed by atoms with Crippen molar-refractivity contribution >= 4 is 40.1 Å². The van der Waals surface area contributed by atoms with Crippen LogP contribution in [0.3, 0.4) is 0 Å². The fourth-order valence-electron chi connectivity index (χ4n) is 3.89. The van der Waals surface area contributed by atoms with Crippen molar-refractivity contribution in [2.24, 2.45) is 0 Å². The van der Waals surface area contributed by atoms with E-state index in [1.807, 2.05) is 6.07 Å². The molecule has 8 heteroatoms. The Morgan fingerprint density at radius 1 is 0.893 bits per heavy atom. The van der Waals surface area contributed by atoms with Crippen molar-refractivity contribution in [3.05, 3.63) is 51.4 Å². The van der Waals surface area contributed by atoms with Crippen LogP contribution in [0.25, 0.3) is 15.6 Å². The molecular weight excluding hydrogens is 360 g/mol. The SMILES string of the molecule is [C-]#[N+]c1cc2c3c(cc(C#N)c4c3c1C(=O)N(CC)C4=O)C(=O)N(CC)C2=O. The summed E-state index contributed by atoms with van der Waals surface area (Å²) in [6, 6.07) is 4.51. The molecule has 0 bridgehead atoms.